The molecule has 0 bridgehead atoms. The molecule has 1 heterocycles. The zero-order valence-corrected chi connectivity index (χ0v) is 6.44. The van der Waals surface area contributed by atoms with Crippen LogP contribution in [0.5, 0.6) is 0 Å². The van der Waals surface area contributed by atoms with Crippen LogP contribution in [-0.2, 0) is 4.79 Å². The lowest BCUT2D eigenvalue weighted by atomic mass is 10.3. The van der Waals surface area contributed by atoms with Crippen LogP contribution in [-0.4, -0.2) is 22.1 Å². The van der Waals surface area contributed by atoms with Crippen molar-refractivity contribution in [3.8, 4) is 0 Å². The third-order valence-corrected chi connectivity index (χ3v) is 1.48. The second-order valence-corrected chi connectivity index (χ2v) is 2.72. The van der Waals surface area contributed by atoms with Gasteiger partial charge < -0.3 is 5.73 Å². The summed E-state index contributed by atoms with van der Waals surface area (Å²) in [6.07, 6.45) is 0.470. The largest absolute Gasteiger partial charge is 0.375 e. The van der Waals surface area contributed by atoms with Crippen LogP contribution in [0, 0.1) is 0 Å². The molecule has 56 valence electrons. The Morgan fingerprint density at radius 3 is 2.80 bits per heavy atom. The predicted octanol–water partition coefficient (Wildman–Crippen LogP) is -0.645. The van der Waals surface area contributed by atoms with E-state index >= 15 is 0 Å². The van der Waals surface area contributed by atoms with Gasteiger partial charge in [-0.05, 0) is 19.1 Å². The first-order valence-electron chi connectivity index (χ1n) is 3.00. The first kappa shape index (κ1) is 7.43. The highest BCUT2D eigenvalue weighted by atomic mass is 32.1. The van der Waals surface area contributed by atoms with Crippen LogP contribution < -0.4 is 11.2 Å². The number of thiocarbonyl (C=S) groups is 1. The highest BCUT2D eigenvalue weighted by molar-refractivity contribution is 7.80. The molecule has 3 N–H and O–H groups in total. The number of hydrogen-bond acceptors (Lipinski definition) is 3. The fraction of sp³-hybridized carbons (Fsp3) is 0.600. The van der Waals surface area contributed by atoms with E-state index in [0.717, 1.165) is 0 Å². The maximum atomic E-state index is 10.9. The molecule has 4 nitrogen and oxygen atoms in total. The van der Waals surface area contributed by atoms with Crippen LogP contribution in [0.4, 0.5) is 0 Å². The molecule has 0 aliphatic carbocycles. The van der Waals surface area contributed by atoms with Crippen LogP contribution in [0.15, 0.2) is 0 Å². The summed E-state index contributed by atoms with van der Waals surface area (Å²) < 4.78 is 0. The van der Waals surface area contributed by atoms with Crippen LogP contribution in [0.3, 0.4) is 0 Å². The minimum absolute atomic E-state index is 0.0556. The molecule has 1 aliphatic heterocycles. The number of hydrogen-bond donors (Lipinski definition) is 2. The fourth-order valence-corrected chi connectivity index (χ4v) is 1.03. The summed E-state index contributed by atoms with van der Waals surface area (Å²) in [7, 11) is 0. The molecule has 1 fully saturated rings. The molecule has 1 unspecified atom stereocenters. The zero-order valence-electron chi connectivity index (χ0n) is 5.63. The Bertz CT molecular complexity index is 182. The third-order valence-electron chi connectivity index (χ3n) is 1.30. The molecule has 1 aliphatic rings. The van der Waals surface area contributed by atoms with Gasteiger partial charge in [-0.1, -0.05) is 0 Å². The number of amides is 1. The van der Waals surface area contributed by atoms with E-state index < -0.39 is 0 Å². The average Bonchev–Trinajstić information content (AvgIpc) is 2.10. The van der Waals surface area contributed by atoms with Crippen molar-refractivity contribution in [2.45, 2.75) is 19.4 Å². The molecule has 1 amide bonds. The fourth-order valence-electron chi connectivity index (χ4n) is 0.878. The van der Waals surface area contributed by atoms with E-state index in [4.69, 9.17) is 5.73 Å². The van der Waals surface area contributed by atoms with Gasteiger partial charge in [0.1, 0.15) is 0 Å². The van der Waals surface area contributed by atoms with Crippen molar-refractivity contribution in [3.05, 3.63) is 0 Å². The summed E-state index contributed by atoms with van der Waals surface area (Å²) in [5.74, 6) is -0.0556. The van der Waals surface area contributed by atoms with Crippen molar-refractivity contribution in [3.63, 3.8) is 0 Å². The first-order chi connectivity index (χ1) is 4.61. The van der Waals surface area contributed by atoms with E-state index in [1.54, 1.807) is 0 Å². The van der Waals surface area contributed by atoms with E-state index in [2.05, 4.69) is 17.6 Å². The molecule has 0 saturated carbocycles. The van der Waals surface area contributed by atoms with E-state index in [1.807, 2.05) is 6.92 Å². The molecule has 0 aromatic rings. The van der Waals surface area contributed by atoms with Crippen molar-refractivity contribution in [1.82, 2.24) is 10.4 Å². The Hall–Kier alpha value is -0.680. The lowest BCUT2D eigenvalue weighted by Crippen LogP contribution is -2.44. The lowest BCUT2D eigenvalue weighted by Gasteiger charge is -2.12. The van der Waals surface area contributed by atoms with Crippen LogP contribution in [0.2, 0.25) is 0 Å². The summed E-state index contributed by atoms with van der Waals surface area (Å²) in [5, 5.41) is 1.30. The van der Waals surface area contributed by atoms with Crippen molar-refractivity contribution < 1.29 is 4.79 Å². The molecule has 1 atom stereocenters. The number of nitrogens with one attached hydrogen (secondary N) is 1. The zero-order chi connectivity index (χ0) is 7.72. The highest BCUT2D eigenvalue weighted by Gasteiger charge is 2.27. The molecule has 5 heteroatoms. The Balaban J connectivity index is 2.63. The molecular weight excluding hydrogens is 150 g/mol. The van der Waals surface area contributed by atoms with Gasteiger partial charge in [0.25, 0.3) is 0 Å². The number of nitrogens with two attached hydrogens (primary N) is 1. The monoisotopic (exact) mass is 159 g/mol. The minimum Gasteiger partial charge on any atom is -0.375 e. The van der Waals surface area contributed by atoms with Crippen LogP contribution >= 0.6 is 12.2 Å². The average molecular weight is 159 g/mol. The van der Waals surface area contributed by atoms with Gasteiger partial charge in [0.2, 0.25) is 5.91 Å². The van der Waals surface area contributed by atoms with Gasteiger partial charge in [0.15, 0.2) is 5.11 Å². The maximum Gasteiger partial charge on any atom is 0.244 e. The lowest BCUT2D eigenvalue weighted by molar-refractivity contribution is -0.125. The topological polar surface area (TPSA) is 58.4 Å². The molecular formula is C5H9N3OS. The summed E-state index contributed by atoms with van der Waals surface area (Å²) in [4.78, 5) is 10.9. The van der Waals surface area contributed by atoms with Crippen molar-refractivity contribution in [2.75, 3.05) is 0 Å². The van der Waals surface area contributed by atoms with Gasteiger partial charge >= 0.3 is 0 Å². The van der Waals surface area contributed by atoms with E-state index in [9.17, 15) is 4.79 Å². The van der Waals surface area contributed by atoms with Gasteiger partial charge in [-0.15, -0.1) is 0 Å². The SMILES string of the molecule is CC1CC(=O)N(C(N)=S)N1. The minimum atomic E-state index is -0.0556. The smallest absolute Gasteiger partial charge is 0.244 e. The summed E-state index contributed by atoms with van der Waals surface area (Å²) in [6.45, 7) is 1.90. The maximum absolute atomic E-state index is 10.9. The molecule has 10 heavy (non-hydrogen) atoms. The standard InChI is InChI=1S/C5H9N3OS/c1-3-2-4(9)8(7-3)5(6)10/h3,7H,2H2,1H3,(H2,6,10). The van der Waals surface area contributed by atoms with E-state index in [1.165, 1.54) is 5.01 Å². The van der Waals surface area contributed by atoms with Gasteiger partial charge in [0.05, 0.1) is 0 Å². The van der Waals surface area contributed by atoms with E-state index in [-0.39, 0.29) is 17.1 Å². The first-order valence-corrected chi connectivity index (χ1v) is 3.40. The van der Waals surface area contributed by atoms with Gasteiger partial charge in [-0.3, -0.25) is 4.79 Å². The number of nitrogens with zero attached hydrogens (tertiary/aromatic N) is 1. The van der Waals surface area contributed by atoms with Gasteiger partial charge in [-0.2, -0.15) is 0 Å². The second kappa shape index (κ2) is 2.51. The summed E-state index contributed by atoms with van der Waals surface area (Å²) in [5.41, 5.74) is 8.04. The van der Waals surface area contributed by atoms with Crippen molar-refractivity contribution in [2.24, 2.45) is 5.73 Å². The Morgan fingerprint density at radius 2 is 2.60 bits per heavy atom. The Kier molecular flexibility index (Phi) is 1.87. The number of carbonyl (C=O) groups excluding carboxylic acids is 1. The molecule has 0 aromatic carbocycles. The molecule has 0 radical (unpaired) electrons. The highest BCUT2D eigenvalue weighted by Crippen LogP contribution is 2.05. The molecule has 0 aromatic heterocycles. The van der Waals surface area contributed by atoms with Crippen molar-refractivity contribution >= 4 is 23.2 Å². The normalized spacial score (nSPS) is 25.5. The number of hydrazine groups is 1. The predicted molar refractivity (Wildman–Crippen MR) is 40.8 cm³/mol. The quantitative estimate of drug-likeness (QED) is 0.461. The van der Waals surface area contributed by atoms with Gasteiger partial charge in [0, 0.05) is 12.5 Å². The molecule has 0 spiro atoms. The van der Waals surface area contributed by atoms with Crippen LogP contribution in [0.1, 0.15) is 13.3 Å². The second-order valence-electron chi connectivity index (χ2n) is 2.30. The van der Waals surface area contributed by atoms with E-state index in [0.29, 0.717) is 6.42 Å². The van der Waals surface area contributed by atoms with Crippen molar-refractivity contribution in [1.29, 1.82) is 0 Å². The number of rotatable bonds is 0. The summed E-state index contributed by atoms with van der Waals surface area (Å²) in [6, 6.07) is 0.147. The summed E-state index contributed by atoms with van der Waals surface area (Å²) >= 11 is 4.61. The van der Waals surface area contributed by atoms with Gasteiger partial charge in [-0.25, -0.2) is 10.4 Å². The number of carbonyl (C=O) groups is 1. The molecule has 1 rings (SSSR count). The molecule has 1 saturated heterocycles. The van der Waals surface area contributed by atoms with Crippen LogP contribution in [0.25, 0.3) is 0 Å². The Labute approximate surface area is 64.3 Å². The Morgan fingerprint density at radius 1 is 2.00 bits per heavy atom. The third kappa shape index (κ3) is 1.25.